The molecule has 1 aromatic carbocycles. The minimum atomic E-state index is 0.103. The number of nitrogens with zero attached hydrogens (tertiary/aromatic N) is 1. The summed E-state index contributed by atoms with van der Waals surface area (Å²) in [6.45, 7) is 2.29. The number of carbonyl (C=O) groups is 1. The van der Waals surface area contributed by atoms with E-state index in [9.17, 15) is 4.79 Å². The van der Waals surface area contributed by atoms with Crippen LogP contribution in [0.4, 0.5) is 0 Å². The highest BCUT2D eigenvalue weighted by Gasteiger charge is 2.25. The maximum atomic E-state index is 12.3. The van der Waals surface area contributed by atoms with E-state index in [0.717, 1.165) is 24.3 Å². The third kappa shape index (κ3) is 3.05. The lowest BCUT2D eigenvalue weighted by atomic mass is 9.86. The molecule has 0 radical (unpaired) electrons. The fourth-order valence-electron chi connectivity index (χ4n) is 2.59. The molecule has 1 aliphatic carbocycles. The van der Waals surface area contributed by atoms with E-state index in [2.05, 4.69) is 6.92 Å². The molecule has 0 aliphatic heterocycles. The Balaban J connectivity index is 2.02. The van der Waals surface area contributed by atoms with Crippen LogP contribution in [0.15, 0.2) is 24.3 Å². The molecule has 0 spiro atoms. The molecule has 0 N–H and O–H groups in total. The SMILES string of the molecule is CC1CCC(N(C)C(=O)c2ccc(Cl)cc2)CC1. The van der Waals surface area contributed by atoms with Crippen molar-refractivity contribution in [1.82, 2.24) is 4.90 Å². The van der Waals surface area contributed by atoms with E-state index in [-0.39, 0.29) is 5.91 Å². The van der Waals surface area contributed by atoms with Crippen LogP contribution in [-0.4, -0.2) is 23.9 Å². The number of hydrogen-bond acceptors (Lipinski definition) is 1. The van der Waals surface area contributed by atoms with E-state index < -0.39 is 0 Å². The molecule has 0 aromatic heterocycles. The van der Waals surface area contributed by atoms with Crippen LogP contribution in [0.5, 0.6) is 0 Å². The number of hydrogen-bond donors (Lipinski definition) is 0. The smallest absolute Gasteiger partial charge is 0.253 e. The fourth-order valence-corrected chi connectivity index (χ4v) is 2.72. The molecule has 0 heterocycles. The number of benzene rings is 1. The molecule has 0 atom stereocenters. The van der Waals surface area contributed by atoms with E-state index in [4.69, 9.17) is 11.6 Å². The van der Waals surface area contributed by atoms with Gasteiger partial charge < -0.3 is 4.90 Å². The van der Waals surface area contributed by atoms with Crippen molar-refractivity contribution in [2.45, 2.75) is 38.6 Å². The highest BCUT2D eigenvalue weighted by Crippen LogP contribution is 2.27. The molecule has 1 aliphatic rings. The minimum absolute atomic E-state index is 0.103. The molecule has 2 nitrogen and oxygen atoms in total. The molecule has 1 amide bonds. The lowest BCUT2D eigenvalue weighted by molar-refractivity contribution is 0.0679. The molecular weight excluding hydrogens is 246 g/mol. The summed E-state index contributed by atoms with van der Waals surface area (Å²) in [5, 5.41) is 0.667. The lowest BCUT2D eigenvalue weighted by Crippen LogP contribution is -2.39. The van der Waals surface area contributed by atoms with Gasteiger partial charge in [0.15, 0.2) is 0 Å². The van der Waals surface area contributed by atoms with Crippen LogP contribution in [-0.2, 0) is 0 Å². The summed E-state index contributed by atoms with van der Waals surface area (Å²) in [6, 6.07) is 7.53. The Bertz CT molecular complexity index is 407. The predicted octanol–water partition coefficient (Wildman–Crippen LogP) is 3.99. The summed E-state index contributed by atoms with van der Waals surface area (Å²) >= 11 is 5.84. The van der Waals surface area contributed by atoms with Crippen LogP contribution in [0.2, 0.25) is 5.02 Å². The van der Waals surface area contributed by atoms with Crippen molar-refractivity contribution in [1.29, 1.82) is 0 Å². The van der Waals surface area contributed by atoms with Gasteiger partial charge in [0.2, 0.25) is 0 Å². The number of amides is 1. The summed E-state index contributed by atoms with van der Waals surface area (Å²) in [5.41, 5.74) is 0.723. The van der Waals surface area contributed by atoms with Gasteiger partial charge >= 0.3 is 0 Å². The summed E-state index contributed by atoms with van der Waals surface area (Å²) in [6.07, 6.45) is 4.69. The standard InChI is InChI=1S/C15H20ClNO/c1-11-3-9-14(10-4-11)17(2)15(18)12-5-7-13(16)8-6-12/h5-8,11,14H,3-4,9-10H2,1-2H3. The molecule has 3 heteroatoms. The van der Waals surface area contributed by atoms with E-state index >= 15 is 0 Å². The van der Waals surface area contributed by atoms with E-state index in [0.29, 0.717) is 11.1 Å². The van der Waals surface area contributed by atoms with Gasteiger partial charge in [-0.2, -0.15) is 0 Å². The summed E-state index contributed by atoms with van der Waals surface area (Å²) in [5.74, 6) is 0.909. The number of rotatable bonds is 2. The van der Waals surface area contributed by atoms with Crippen molar-refractivity contribution in [3.63, 3.8) is 0 Å². The molecular formula is C15H20ClNO. The molecule has 98 valence electrons. The topological polar surface area (TPSA) is 20.3 Å². The van der Waals surface area contributed by atoms with Gasteiger partial charge in [0, 0.05) is 23.7 Å². The van der Waals surface area contributed by atoms with Gasteiger partial charge in [0.1, 0.15) is 0 Å². The van der Waals surface area contributed by atoms with Gasteiger partial charge in [-0.25, -0.2) is 0 Å². The lowest BCUT2D eigenvalue weighted by Gasteiger charge is -2.33. The van der Waals surface area contributed by atoms with Gasteiger partial charge in [0.25, 0.3) is 5.91 Å². The Labute approximate surface area is 114 Å². The molecule has 2 rings (SSSR count). The third-order valence-corrected chi connectivity index (χ3v) is 4.20. The van der Waals surface area contributed by atoms with Crippen LogP contribution < -0.4 is 0 Å². The summed E-state index contributed by atoms with van der Waals surface area (Å²) < 4.78 is 0. The second-order valence-electron chi connectivity index (χ2n) is 5.34. The first-order chi connectivity index (χ1) is 8.58. The first-order valence-corrected chi connectivity index (χ1v) is 6.98. The van der Waals surface area contributed by atoms with E-state index in [1.807, 2.05) is 11.9 Å². The second kappa shape index (κ2) is 5.75. The minimum Gasteiger partial charge on any atom is -0.339 e. The van der Waals surface area contributed by atoms with Gasteiger partial charge in [-0.3, -0.25) is 4.79 Å². The average Bonchev–Trinajstić information content (AvgIpc) is 2.39. The fraction of sp³-hybridized carbons (Fsp3) is 0.533. The van der Waals surface area contributed by atoms with Crippen molar-refractivity contribution in [3.05, 3.63) is 34.9 Å². The van der Waals surface area contributed by atoms with Gasteiger partial charge in [-0.15, -0.1) is 0 Å². The molecule has 18 heavy (non-hydrogen) atoms. The molecule has 1 aromatic rings. The molecule has 0 saturated heterocycles. The monoisotopic (exact) mass is 265 g/mol. The van der Waals surface area contributed by atoms with Gasteiger partial charge in [-0.05, 0) is 55.9 Å². The van der Waals surface area contributed by atoms with Crippen molar-refractivity contribution in [2.24, 2.45) is 5.92 Å². The quantitative estimate of drug-likeness (QED) is 0.792. The van der Waals surface area contributed by atoms with Crippen molar-refractivity contribution >= 4 is 17.5 Å². The largest absolute Gasteiger partial charge is 0.339 e. The molecule has 0 bridgehead atoms. The maximum Gasteiger partial charge on any atom is 0.253 e. The van der Waals surface area contributed by atoms with Crippen LogP contribution in [0.1, 0.15) is 43.0 Å². The maximum absolute atomic E-state index is 12.3. The van der Waals surface area contributed by atoms with Crippen molar-refractivity contribution in [2.75, 3.05) is 7.05 Å². The van der Waals surface area contributed by atoms with Crippen molar-refractivity contribution in [3.8, 4) is 0 Å². The first kappa shape index (κ1) is 13.4. The third-order valence-electron chi connectivity index (χ3n) is 3.94. The predicted molar refractivity (Wildman–Crippen MR) is 75.0 cm³/mol. The highest BCUT2D eigenvalue weighted by molar-refractivity contribution is 6.30. The Morgan fingerprint density at radius 2 is 1.72 bits per heavy atom. The van der Waals surface area contributed by atoms with Gasteiger partial charge in [-0.1, -0.05) is 18.5 Å². The van der Waals surface area contributed by atoms with Gasteiger partial charge in [0.05, 0.1) is 0 Å². The molecule has 1 fully saturated rings. The second-order valence-corrected chi connectivity index (χ2v) is 5.77. The van der Waals surface area contributed by atoms with Crippen LogP contribution in [0.3, 0.4) is 0 Å². The number of carbonyl (C=O) groups excluding carboxylic acids is 1. The number of halogens is 1. The van der Waals surface area contributed by atoms with Crippen LogP contribution >= 0.6 is 11.6 Å². The van der Waals surface area contributed by atoms with Crippen LogP contribution in [0, 0.1) is 5.92 Å². The highest BCUT2D eigenvalue weighted by atomic mass is 35.5. The zero-order valence-corrected chi connectivity index (χ0v) is 11.8. The van der Waals surface area contributed by atoms with E-state index in [1.165, 1.54) is 12.8 Å². The summed E-state index contributed by atoms with van der Waals surface area (Å²) in [7, 11) is 1.91. The summed E-state index contributed by atoms with van der Waals surface area (Å²) in [4.78, 5) is 14.2. The Hall–Kier alpha value is -1.02. The Kier molecular flexibility index (Phi) is 4.28. The zero-order valence-electron chi connectivity index (χ0n) is 11.0. The van der Waals surface area contributed by atoms with Crippen molar-refractivity contribution < 1.29 is 4.79 Å². The average molecular weight is 266 g/mol. The molecule has 1 saturated carbocycles. The Morgan fingerprint density at radius 3 is 2.28 bits per heavy atom. The normalized spacial score (nSPS) is 23.7. The molecule has 0 unspecified atom stereocenters. The Morgan fingerprint density at radius 1 is 1.17 bits per heavy atom. The zero-order chi connectivity index (χ0) is 13.1. The van der Waals surface area contributed by atoms with Crippen LogP contribution in [0.25, 0.3) is 0 Å². The first-order valence-electron chi connectivity index (χ1n) is 6.60. The van der Waals surface area contributed by atoms with E-state index in [1.54, 1.807) is 24.3 Å².